The lowest BCUT2D eigenvalue weighted by atomic mass is 9.97. The van der Waals surface area contributed by atoms with Crippen LogP contribution in [0.1, 0.15) is 5.56 Å². The van der Waals surface area contributed by atoms with Gasteiger partial charge in [-0.15, -0.1) is 0 Å². The molecule has 4 rings (SSSR count). The van der Waals surface area contributed by atoms with Gasteiger partial charge in [0.2, 0.25) is 6.29 Å². The number of benzene rings is 1. The lowest BCUT2D eigenvalue weighted by Gasteiger charge is -2.46. The summed E-state index contributed by atoms with van der Waals surface area (Å²) < 4.78 is 33.3. The normalized spacial score (nSPS) is 44.0. The van der Waals surface area contributed by atoms with Gasteiger partial charge in [0, 0.05) is 0 Å². The number of aliphatic hydroxyl groups is 10. The van der Waals surface area contributed by atoms with Gasteiger partial charge in [-0.1, -0.05) is 12.1 Å². The van der Waals surface area contributed by atoms with Crippen molar-refractivity contribution in [2.45, 2.75) is 86.0 Å². The standard InChI is InChI=1S/C24H36O16/c25-5-10-1-3-11(4-2-10)37-22-19(40-21-18(32)16(30)14(28)12(6-26)38-21)17(31)15(29)13(39-22)7-35-23-20(33)24(34,8-27)9-36-23/h1-4,12-23,25-34H,5-9H2/t12-,13-,14-,15-,16+,17+,18-,19-,20+,21+,22-,23-,24-/m1/s1. The third kappa shape index (κ3) is 6.41. The van der Waals surface area contributed by atoms with Crippen molar-refractivity contribution in [3.63, 3.8) is 0 Å². The van der Waals surface area contributed by atoms with Gasteiger partial charge in [-0.2, -0.15) is 0 Å². The van der Waals surface area contributed by atoms with Gasteiger partial charge in [0.15, 0.2) is 18.7 Å². The van der Waals surface area contributed by atoms with Crippen LogP contribution in [0.4, 0.5) is 0 Å². The summed E-state index contributed by atoms with van der Waals surface area (Å²) in [7, 11) is 0. The van der Waals surface area contributed by atoms with E-state index in [-0.39, 0.29) is 12.4 Å². The molecule has 0 aromatic heterocycles. The minimum absolute atomic E-state index is 0.190. The fraction of sp³-hybridized carbons (Fsp3) is 0.750. The van der Waals surface area contributed by atoms with Gasteiger partial charge in [-0.3, -0.25) is 0 Å². The summed E-state index contributed by atoms with van der Waals surface area (Å²) in [5, 5.41) is 101. The molecule has 0 unspecified atom stereocenters. The first-order chi connectivity index (χ1) is 19.0. The maximum absolute atomic E-state index is 11.0. The molecule has 10 N–H and O–H groups in total. The number of aliphatic hydroxyl groups excluding tert-OH is 9. The summed E-state index contributed by atoms with van der Waals surface area (Å²) in [5.74, 6) is 0.190. The number of hydrogen-bond acceptors (Lipinski definition) is 16. The van der Waals surface area contributed by atoms with Crippen molar-refractivity contribution in [2.75, 3.05) is 26.4 Å². The highest BCUT2D eigenvalue weighted by atomic mass is 16.8. The van der Waals surface area contributed by atoms with Crippen LogP contribution in [0.2, 0.25) is 0 Å². The molecule has 0 bridgehead atoms. The number of rotatable bonds is 10. The topological polar surface area (TPSA) is 258 Å². The van der Waals surface area contributed by atoms with E-state index in [9.17, 15) is 51.1 Å². The lowest BCUT2D eigenvalue weighted by Crippen LogP contribution is -2.65. The average Bonchev–Trinajstić information content (AvgIpc) is 3.25. The highest BCUT2D eigenvalue weighted by Crippen LogP contribution is 2.32. The van der Waals surface area contributed by atoms with Crippen molar-refractivity contribution in [2.24, 2.45) is 0 Å². The van der Waals surface area contributed by atoms with Gasteiger partial charge in [0.1, 0.15) is 60.2 Å². The average molecular weight is 581 g/mol. The van der Waals surface area contributed by atoms with Crippen LogP contribution >= 0.6 is 0 Å². The summed E-state index contributed by atoms with van der Waals surface area (Å²) in [6.45, 7) is -2.66. The molecule has 3 aliphatic rings. The third-order valence-electron chi connectivity index (χ3n) is 7.15. The molecule has 3 fully saturated rings. The Morgan fingerprint density at radius 1 is 0.775 bits per heavy atom. The second-order valence-corrected chi connectivity index (χ2v) is 9.96. The first kappa shape index (κ1) is 31.4. The number of hydrogen-bond donors (Lipinski definition) is 10. The summed E-state index contributed by atoms with van der Waals surface area (Å²) in [6.07, 6.45) is -19.2. The quantitative estimate of drug-likeness (QED) is 0.124. The largest absolute Gasteiger partial charge is 0.462 e. The van der Waals surface area contributed by atoms with E-state index < -0.39 is 106 Å². The Hall–Kier alpha value is -1.58. The van der Waals surface area contributed by atoms with Crippen molar-refractivity contribution >= 4 is 0 Å². The zero-order valence-corrected chi connectivity index (χ0v) is 21.2. The van der Waals surface area contributed by atoms with E-state index in [2.05, 4.69) is 0 Å². The molecule has 16 heteroatoms. The Bertz CT molecular complexity index is 934. The van der Waals surface area contributed by atoms with Crippen LogP contribution in [0.15, 0.2) is 24.3 Å². The second kappa shape index (κ2) is 13.2. The fourth-order valence-corrected chi connectivity index (χ4v) is 4.55. The van der Waals surface area contributed by atoms with Crippen LogP contribution < -0.4 is 4.74 Å². The van der Waals surface area contributed by atoms with E-state index in [1.807, 2.05) is 0 Å². The first-order valence-electron chi connectivity index (χ1n) is 12.6. The molecule has 16 nitrogen and oxygen atoms in total. The van der Waals surface area contributed by atoms with Crippen LogP contribution in [0, 0.1) is 0 Å². The lowest BCUT2D eigenvalue weighted by molar-refractivity contribution is -0.359. The predicted octanol–water partition coefficient (Wildman–Crippen LogP) is -5.35. The van der Waals surface area contributed by atoms with Gasteiger partial charge < -0.3 is 79.5 Å². The molecule has 3 saturated heterocycles. The van der Waals surface area contributed by atoms with E-state index in [4.69, 9.17) is 28.4 Å². The molecule has 1 aromatic rings. The van der Waals surface area contributed by atoms with Crippen molar-refractivity contribution in [1.29, 1.82) is 0 Å². The Balaban J connectivity index is 1.51. The molecule has 1 aromatic carbocycles. The second-order valence-electron chi connectivity index (χ2n) is 9.96. The van der Waals surface area contributed by atoms with Gasteiger partial charge in [0.25, 0.3) is 0 Å². The van der Waals surface area contributed by atoms with Gasteiger partial charge in [-0.05, 0) is 17.7 Å². The summed E-state index contributed by atoms with van der Waals surface area (Å²) >= 11 is 0. The van der Waals surface area contributed by atoms with E-state index >= 15 is 0 Å². The van der Waals surface area contributed by atoms with E-state index in [0.717, 1.165) is 0 Å². The molecule has 228 valence electrons. The monoisotopic (exact) mass is 580 g/mol. The Morgan fingerprint density at radius 3 is 2.02 bits per heavy atom. The highest BCUT2D eigenvalue weighted by Gasteiger charge is 2.53. The molecular weight excluding hydrogens is 544 g/mol. The molecule has 40 heavy (non-hydrogen) atoms. The molecule has 0 saturated carbocycles. The highest BCUT2D eigenvalue weighted by molar-refractivity contribution is 5.27. The van der Waals surface area contributed by atoms with Crippen LogP contribution in [-0.4, -0.2) is 157 Å². The van der Waals surface area contributed by atoms with E-state index in [0.29, 0.717) is 5.56 Å². The van der Waals surface area contributed by atoms with Crippen molar-refractivity contribution in [3.8, 4) is 5.75 Å². The van der Waals surface area contributed by atoms with Crippen LogP contribution in [0.25, 0.3) is 0 Å². The van der Waals surface area contributed by atoms with Crippen LogP contribution in [0.5, 0.6) is 5.75 Å². The molecule has 13 atom stereocenters. The molecule has 0 spiro atoms. The fourth-order valence-electron chi connectivity index (χ4n) is 4.55. The van der Waals surface area contributed by atoms with E-state index in [1.54, 1.807) is 12.1 Å². The van der Waals surface area contributed by atoms with Crippen LogP contribution in [-0.2, 0) is 30.3 Å². The predicted molar refractivity (Wildman–Crippen MR) is 126 cm³/mol. The maximum atomic E-state index is 11.0. The van der Waals surface area contributed by atoms with Crippen molar-refractivity contribution < 1.29 is 79.5 Å². The summed E-state index contributed by atoms with van der Waals surface area (Å²) in [4.78, 5) is 0. The van der Waals surface area contributed by atoms with Gasteiger partial charge >= 0.3 is 0 Å². The molecule has 3 heterocycles. The Kier molecular flexibility index (Phi) is 10.3. The minimum Gasteiger partial charge on any atom is -0.462 e. The summed E-state index contributed by atoms with van der Waals surface area (Å²) in [6, 6.07) is 6.08. The van der Waals surface area contributed by atoms with Gasteiger partial charge in [0.05, 0.1) is 33.0 Å². The SMILES string of the molecule is OCc1ccc(O[C@@H]2O[C@H](CO[C@@H]3OC[C@](O)(CO)[C@H]3O)[C@@H](O)[C@H](O)[C@H]2O[C@@H]2O[C@H](CO)[C@@H](O)[C@H](O)[C@H]2O)cc1. The third-order valence-corrected chi connectivity index (χ3v) is 7.15. The molecular formula is C24H36O16. The first-order valence-corrected chi connectivity index (χ1v) is 12.6. The smallest absolute Gasteiger partial charge is 0.229 e. The van der Waals surface area contributed by atoms with E-state index in [1.165, 1.54) is 12.1 Å². The number of ether oxygens (including phenoxy) is 6. The zero-order valence-electron chi connectivity index (χ0n) is 21.2. The molecule has 0 radical (unpaired) electrons. The Labute approximate surface area is 228 Å². The maximum Gasteiger partial charge on any atom is 0.229 e. The summed E-state index contributed by atoms with van der Waals surface area (Å²) in [5.41, 5.74) is -1.38. The van der Waals surface area contributed by atoms with Gasteiger partial charge in [-0.25, -0.2) is 0 Å². The Morgan fingerprint density at radius 2 is 1.43 bits per heavy atom. The van der Waals surface area contributed by atoms with Crippen LogP contribution in [0.3, 0.4) is 0 Å². The van der Waals surface area contributed by atoms with Crippen molar-refractivity contribution in [1.82, 2.24) is 0 Å². The van der Waals surface area contributed by atoms with Crippen molar-refractivity contribution in [3.05, 3.63) is 29.8 Å². The minimum atomic E-state index is -1.95. The zero-order chi connectivity index (χ0) is 29.2. The molecule has 0 amide bonds. The molecule has 0 aliphatic carbocycles. The molecule has 3 aliphatic heterocycles.